The summed E-state index contributed by atoms with van der Waals surface area (Å²) in [5.41, 5.74) is 2.20. The molecule has 1 heterocycles. The van der Waals surface area contributed by atoms with Crippen LogP contribution in [-0.4, -0.2) is 17.2 Å². The van der Waals surface area contributed by atoms with Crippen LogP contribution in [0.5, 0.6) is 11.5 Å². The summed E-state index contributed by atoms with van der Waals surface area (Å²) in [6.07, 6.45) is 0. The van der Waals surface area contributed by atoms with Crippen molar-refractivity contribution in [3.63, 3.8) is 0 Å². The van der Waals surface area contributed by atoms with E-state index in [4.69, 9.17) is 16.3 Å². The van der Waals surface area contributed by atoms with Gasteiger partial charge >= 0.3 is 0 Å². The third kappa shape index (κ3) is 3.29. The number of anilines is 1. The van der Waals surface area contributed by atoms with Gasteiger partial charge in [-0.05, 0) is 37.3 Å². The molecule has 1 aromatic carbocycles. The van der Waals surface area contributed by atoms with Crippen molar-refractivity contribution in [1.29, 1.82) is 0 Å². The number of aromatic hydroxyl groups is 1. The Labute approximate surface area is 117 Å². The first kappa shape index (κ1) is 13.5. The monoisotopic (exact) mass is 278 g/mol. The molecule has 0 fully saturated rings. The molecular weight excluding hydrogens is 264 g/mol. The van der Waals surface area contributed by atoms with Gasteiger partial charge in [-0.1, -0.05) is 11.6 Å². The fourth-order valence-electron chi connectivity index (χ4n) is 1.73. The first-order valence-corrected chi connectivity index (χ1v) is 6.21. The smallest absolute Gasteiger partial charge is 0.142 e. The molecule has 0 aliphatic heterocycles. The Bertz CT molecular complexity index is 588. The van der Waals surface area contributed by atoms with E-state index < -0.39 is 0 Å². The Balaban J connectivity index is 2.18. The van der Waals surface area contributed by atoms with Gasteiger partial charge in [0.15, 0.2) is 0 Å². The Hall–Kier alpha value is -1.94. The van der Waals surface area contributed by atoms with Gasteiger partial charge in [0.25, 0.3) is 0 Å². The molecule has 0 aliphatic carbocycles. The Morgan fingerprint density at radius 3 is 2.84 bits per heavy atom. The molecule has 19 heavy (non-hydrogen) atoms. The van der Waals surface area contributed by atoms with Gasteiger partial charge in [0, 0.05) is 10.7 Å². The number of ether oxygens (including phenoxy) is 1. The summed E-state index contributed by atoms with van der Waals surface area (Å²) in [5.74, 6) is 0.857. The van der Waals surface area contributed by atoms with E-state index in [1.54, 1.807) is 37.4 Å². The molecule has 5 heteroatoms. The molecule has 0 saturated carbocycles. The molecule has 0 amide bonds. The van der Waals surface area contributed by atoms with E-state index in [0.29, 0.717) is 23.0 Å². The maximum absolute atomic E-state index is 9.73. The number of rotatable bonds is 4. The highest BCUT2D eigenvalue weighted by Crippen LogP contribution is 2.28. The van der Waals surface area contributed by atoms with Crippen molar-refractivity contribution in [1.82, 2.24) is 4.98 Å². The lowest BCUT2D eigenvalue weighted by molar-refractivity contribution is 0.416. The minimum Gasteiger partial charge on any atom is -0.506 e. The third-order valence-electron chi connectivity index (χ3n) is 2.70. The highest BCUT2D eigenvalue weighted by atomic mass is 35.5. The van der Waals surface area contributed by atoms with Gasteiger partial charge in [-0.25, -0.2) is 0 Å². The number of methoxy groups -OCH3 is 1. The third-order valence-corrected chi connectivity index (χ3v) is 2.93. The molecule has 0 unspecified atom stereocenters. The number of nitrogens with zero attached hydrogens (tertiary/aromatic N) is 1. The molecule has 2 N–H and O–H groups in total. The van der Waals surface area contributed by atoms with E-state index in [9.17, 15) is 5.11 Å². The number of benzene rings is 1. The van der Waals surface area contributed by atoms with Crippen LogP contribution in [0.2, 0.25) is 5.02 Å². The van der Waals surface area contributed by atoms with E-state index >= 15 is 0 Å². The molecule has 1 aromatic heterocycles. The van der Waals surface area contributed by atoms with Gasteiger partial charge in [-0.15, -0.1) is 0 Å². The number of nitrogens with one attached hydrogen (secondary N) is 1. The van der Waals surface area contributed by atoms with Crippen LogP contribution in [0.1, 0.15) is 11.4 Å². The van der Waals surface area contributed by atoms with Gasteiger partial charge < -0.3 is 15.2 Å². The van der Waals surface area contributed by atoms with Crippen LogP contribution in [-0.2, 0) is 6.54 Å². The summed E-state index contributed by atoms with van der Waals surface area (Å²) in [5, 5.41) is 13.5. The standard InChI is InChI=1S/C14H15ClN2O2/c1-9-3-5-13(18)12(17-9)8-16-11-7-10(15)4-6-14(11)19-2/h3-7,16,18H,8H2,1-2H3. The molecule has 2 aromatic rings. The van der Waals surface area contributed by atoms with Crippen LogP contribution in [0, 0.1) is 6.92 Å². The average Bonchev–Trinajstić information content (AvgIpc) is 2.40. The van der Waals surface area contributed by atoms with Crippen LogP contribution < -0.4 is 10.1 Å². The summed E-state index contributed by atoms with van der Waals surface area (Å²) < 4.78 is 5.24. The molecule has 0 radical (unpaired) electrons. The van der Waals surface area contributed by atoms with Crippen LogP contribution in [0.25, 0.3) is 0 Å². The summed E-state index contributed by atoms with van der Waals surface area (Å²) >= 11 is 5.95. The van der Waals surface area contributed by atoms with Crippen LogP contribution >= 0.6 is 11.6 Å². The molecule has 0 aliphatic rings. The molecular formula is C14H15ClN2O2. The van der Waals surface area contributed by atoms with Crippen molar-refractivity contribution in [3.8, 4) is 11.5 Å². The summed E-state index contributed by atoms with van der Waals surface area (Å²) in [6, 6.07) is 8.71. The predicted octanol–water partition coefficient (Wildman–Crippen LogP) is 3.37. The first-order chi connectivity index (χ1) is 9.10. The number of hydrogen-bond donors (Lipinski definition) is 2. The number of halogens is 1. The van der Waals surface area contributed by atoms with Crippen molar-refractivity contribution >= 4 is 17.3 Å². The number of aromatic nitrogens is 1. The second kappa shape index (κ2) is 5.80. The van der Waals surface area contributed by atoms with Gasteiger partial charge in [0.05, 0.1) is 19.3 Å². The second-order valence-electron chi connectivity index (χ2n) is 4.12. The van der Waals surface area contributed by atoms with Crippen LogP contribution in [0.4, 0.5) is 5.69 Å². The van der Waals surface area contributed by atoms with E-state index in [2.05, 4.69) is 10.3 Å². The van der Waals surface area contributed by atoms with Gasteiger partial charge in [0.2, 0.25) is 0 Å². The second-order valence-corrected chi connectivity index (χ2v) is 4.55. The van der Waals surface area contributed by atoms with E-state index in [1.165, 1.54) is 0 Å². The van der Waals surface area contributed by atoms with Crippen LogP contribution in [0.3, 0.4) is 0 Å². The fourth-order valence-corrected chi connectivity index (χ4v) is 1.90. The number of aryl methyl sites for hydroxylation is 1. The minimum atomic E-state index is 0.166. The maximum Gasteiger partial charge on any atom is 0.142 e. The molecule has 4 nitrogen and oxygen atoms in total. The summed E-state index contributed by atoms with van der Waals surface area (Å²) in [6.45, 7) is 2.27. The molecule has 100 valence electrons. The normalized spacial score (nSPS) is 10.3. The van der Waals surface area contributed by atoms with Gasteiger partial charge in [0.1, 0.15) is 17.2 Å². The van der Waals surface area contributed by atoms with Crippen molar-refractivity contribution in [2.75, 3.05) is 12.4 Å². The Kier molecular flexibility index (Phi) is 4.12. The topological polar surface area (TPSA) is 54.4 Å². The zero-order valence-electron chi connectivity index (χ0n) is 10.8. The highest BCUT2D eigenvalue weighted by molar-refractivity contribution is 6.30. The molecule has 0 saturated heterocycles. The summed E-state index contributed by atoms with van der Waals surface area (Å²) in [4.78, 5) is 4.28. The van der Waals surface area contributed by atoms with Crippen molar-refractivity contribution in [3.05, 3.63) is 46.7 Å². The predicted molar refractivity (Wildman–Crippen MR) is 76.0 cm³/mol. The fraction of sp³-hybridized carbons (Fsp3) is 0.214. The highest BCUT2D eigenvalue weighted by Gasteiger charge is 2.07. The van der Waals surface area contributed by atoms with Crippen molar-refractivity contribution in [2.45, 2.75) is 13.5 Å². The minimum absolute atomic E-state index is 0.166. The molecule has 0 bridgehead atoms. The Morgan fingerprint density at radius 1 is 1.32 bits per heavy atom. The number of pyridine rings is 1. The van der Waals surface area contributed by atoms with E-state index in [-0.39, 0.29) is 5.75 Å². The SMILES string of the molecule is COc1ccc(Cl)cc1NCc1nc(C)ccc1O. The zero-order valence-corrected chi connectivity index (χ0v) is 11.5. The van der Waals surface area contributed by atoms with Gasteiger partial charge in [-0.2, -0.15) is 0 Å². The molecule has 0 atom stereocenters. The average molecular weight is 279 g/mol. The lowest BCUT2D eigenvalue weighted by Gasteiger charge is -2.12. The van der Waals surface area contributed by atoms with E-state index in [1.807, 2.05) is 6.92 Å². The molecule has 0 spiro atoms. The van der Waals surface area contributed by atoms with Crippen LogP contribution in [0.15, 0.2) is 30.3 Å². The molecule has 2 rings (SSSR count). The zero-order chi connectivity index (χ0) is 13.8. The van der Waals surface area contributed by atoms with E-state index in [0.717, 1.165) is 11.4 Å². The number of hydrogen-bond acceptors (Lipinski definition) is 4. The lowest BCUT2D eigenvalue weighted by atomic mass is 10.2. The maximum atomic E-state index is 9.73. The Morgan fingerprint density at radius 2 is 2.11 bits per heavy atom. The first-order valence-electron chi connectivity index (χ1n) is 5.83. The quantitative estimate of drug-likeness (QED) is 0.900. The van der Waals surface area contributed by atoms with Crippen molar-refractivity contribution in [2.24, 2.45) is 0 Å². The largest absolute Gasteiger partial charge is 0.506 e. The van der Waals surface area contributed by atoms with Crippen molar-refractivity contribution < 1.29 is 9.84 Å². The summed E-state index contributed by atoms with van der Waals surface area (Å²) in [7, 11) is 1.59. The van der Waals surface area contributed by atoms with Gasteiger partial charge in [-0.3, -0.25) is 4.98 Å². The lowest BCUT2D eigenvalue weighted by Crippen LogP contribution is -2.04.